The molecule has 3 aromatic rings. The van der Waals surface area contributed by atoms with Gasteiger partial charge in [-0.25, -0.2) is 4.98 Å². The third-order valence-electron chi connectivity index (χ3n) is 4.43. The van der Waals surface area contributed by atoms with Gasteiger partial charge in [-0.15, -0.1) is 10.2 Å². The smallest absolute Gasteiger partial charge is 0.244 e. The number of pyridine rings is 1. The van der Waals surface area contributed by atoms with E-state index in [1.807, 2.05) is 18.2 Å². The summed E-state index contributed by atoms with van der Waals surface area (Å²) in [4.78, 5) is 16.3. The number of carbonyl (C=O) groups is 1. The number of aromatic nitrogens is 3. The molecular formula is C23H26N6O4. The summed E-state index contributed by atoms with van der Waals surface area (Å²) in [5.74, 6) is 3.18. The fraction of sp³-hybridized carbons (Fsp3) is 0.217. The minimum atomic E-state index is -0.230. The number of nitrogens with zero attached hydrogens (tertiary/aromatic N) is 3. The molecule has 2 heterocycles. The maximum Gasteiger partial charge on any atom is 0.244 e. The van der Waals surface area contributed by atoms with E-state index in [1.165, 1.54) is 13.2 Å². The molecule has 10 nitrogen and oxygen atoms in total. The molecule has 2 aromatic heterocycles. The third-order valence-corrected chi connectivity index (χ3v) is 4.43. The Labute approximate surface area is 192 Å². The average molecular weight is 450 g/mol. The highest BCUT2D eigenvalue weighted by atomic mass is 16.5. The molecule has 0 radical (unpaired) electrons. The van der Waals surface area contributed by atoms with Gasteiger partial charge in [0.1, 0.15) is 11.6 Å². The average Bonchev–Trinajstić information content (AvgIpc) is 2.86. The predicted octanol–water partition coefficient (Wildman–Crippen LogP) is 2.88. The number of amides is 1. The topological polar surface area (TPSA) is 120 Å². The van der Waals surface area contributed by atoms with Crippen LogP contribution in [0.1, 0.15) is 5.56 Å². The lowest BCUT2D eigenvalue weighted by atomic mass is 10.1. The van der Waals surface area contributed by atoms with Crippen LogP contribution in [0.25, 0.3) is 6.08 Å². The van der Waals surface area contributed by atoms with E-state index in [0.717, 1.165) is 5.56 Å². The molecule has 0 aliphatic heterocycles. The van der Waals surface area contributed by atoms with Gasteiger partial charge in [0.05, 0.1) is 21.3 Å². The number of methoxy groups -OCH3 is 3. The zero-order valence-corrected chi connectivity index (χ0v) is 18.7. The van der Waals surface area contributed by atoms with E-state index in [0.29, 0.717) is 47.8 Å². The minimum Gasteiger partial charge on any atom is -0.493 e. The second-order valence-electron chi connectivity index (χ2n) is 6.65. The number of nitrogens with one attached hydrogen (secondary N) is 3. The first-order chi connectivity index (χ1) is 16.1. The molecule has 0 bridgehead atoms. The molecule has 1 aromatic carbocycles. The predicted molar refractivity (Wildman–Crippen MR) is 126 cm³/mol. The van der Waals surface area contributed by atoms with E-state index < -0.39 is 0 Å². The van der Waals surface area contributed by atoms with Crippen LogP contribution in [0, 0.1) is 0 Å². The molecule has 0 saturated carbocycles. The van der Waals surface area contributed by atoms with Gasteiger partial charge in [-0.3, -0.25) is 4.79 Å². The molecule has 1 amide bonds. The fourth-order valence-electron chi connectivity index (χ4n) is 2.87. The molecule has 0 atom stereocenters. The third kappa shape index (κ3) is 6.82. The first-order valence-electron chi connectivity index (χ1n) is 10.1. The molecule has 0 unspecified atom stereocenters. The summed E-state index contributed by atoms with van der Waals surface area (Å²) in [5.41, 5.74) is 0.743. The van der Waals surface area contributed by atoms with E-state index in [1.54, 1.807) is 50.8 Å². The van der Waals surface area contributed by atoms with Gasteiger partial charge < -0.3 is 30.2 Å². The fourth-order valence-corrected chi connectivity index (χ4v) is 2.87. The summed E-state index contributed by atoms with van der Waals surface area (Å²) in [6.07, 6.45) is 4.81. The van der Waals surface area contributed by atoms with Crippen molar-refractivity contribution in [2.45, 2.75) is 0 Å². The molecule has 3 N–H and O–H groups in total. The quantitative estimate of drug-likeness (QED) is 0.299. The van der Waals surface area contributed by atoms with Gasteiger partial charge in [-0.1, -0.05) is 6.07 Å². The lowest BCUT2D eigenvalue weighted by molar-refractivity contribution is -0.116. The normalized spacial score (nSPS) is 10.5. The number of hydrogen-bond acceptors (Lipinski definition) is 9. The van der Waals surface area contributed by atoms with Crippen LogP contribution in [0.15, 0.2) is 54.7 Å². The number of carbonyl (C=O) groups excluding carboxylic acids is 1. The van der Waals surface area contributed by atoms with Crippen LogP contribution in [0.2, 0.25) is 0 Å². The van der Waals surface area contributed by atoms with Crippen molar-refractivity contribution in [1.82, 2.24) is 20.5 Å². The van der Waals surface area contributed by atoms with Gasteiger partial charge in [0, 0.05) is 25.4 Å². The van der Waals surface area contributed by atoms with Gasteiger partial charge in [-0.05, 0) is 48.0 Å². The molecule has 172 valence electrons. The molecule has 0 aliphatic rings. The molecule has 33 heavy (non-hydrogen) atoms. The second kappa shape index (κ2) is 11.9. The first-order valence-corrected chi connectivity index (χ1v) is 10.1. The van der Waals surface area contributed by atoms with Crippen LogP contribution in [-0.4, -0.2) is 55.5 Å². The summed E-state index contributed by atoms with van der Waals surface area (Å²) in [6.45, 7) is 0.902. The Morgan fingerprint density at radius 2 is 1.64 bits per heavy atom. The minimum absolute atomic E-state index is 0.230. The highest BCUT2D eigenvalue weighted by Gasteiger charge is 2.12. The Hall–Kier alpha value is -4.34. The summed E-state index contributed by atoms with van der Waals surface area (Å²) < 4.78 is 15.9. The van der Waals surface area contributed by atoms with Crippen molar-refractivity contribution in [3.05, 3.63) is 60.3 Å². The largest absolute Gasteiger partial charge is 0.493 e. The van der Waals surface area contributed by atoms with Gasteiger partial charge in [0.2, 0.25) is 11.7 Å². The van der Waals surface area contributed by atoms with Gasteiger partial charge >= 0.3 is 0 Å². The standard InChI is InChI=1S/C23H26N6O4/c1-31-17-14-16(15-18(32-2)23(17)33-3)7-10-22(30)26-13-12-25-20-8-9-21(29-28-20)27-19-6-4-5-11-24-19/h4-11,14-15H,12-13H2,1-3H3,(H,25,28)(H,26,30)(H,24,27,29)/b10-7+. The number of benzene rings is 1. The molecule has 0 spiro atoms. The maximum absolute atomic E-state index is 12.1. The van der Waals surface area contributed by atoms with E-state index in [4.69, 9.17) is 14.2 Å². The number of anilines is 3. The Bertz CT molecular complexity index is 1050. The van der Waals surface area contributed by atoms with E-state index in [-0.39, 0.29) is 5.91 Å². The Kier molecular flexibility index (Phi) is 8.41. The van der Waals surface area contributed by atoms with Gasteiger partial charge in [0.15, 0.2) is 17.3 Å². The van der Waals surface area contributed by atoms with E-state index >= 15 is 0 Å². The SMILES string of the molecule is COc1cc(/C=C/C(=O)NCCNc2ccc(Nc3ccccn3)nn2)cc(OC)c1OC. The van der Waals surface area contributed by atoms with Crippen LogP contribution in [0.4, 0.5) is 17.5 Å². The maximum atomic E-state index is 12.1. The molecule has 0 saturated heterocycles. The summed E-state index contributed by atoms with van der Waals surface area (Å²) in [5, 5.41) is 17.2. The highest BCUT2D eigenvalue weighted by Crippen LogP contribution is 2.38. The van der Waals surface area contributed by atoms with Crippen molar-refractivity contribution < 1.29 is 19.0 Å². The molecular weight excluding hydrogens is 424 g/mol. The molecule has 3 rings (SSSR count). The van der Waals surface area contributed by atoms with E-state index in [2.05, 4.69) is 31.1 Å². The van der Waals surface area contributed by atoms with Gasteiger partial charge in [-0.2, -0.15) is 0 Å². The zero-order valence-electron chi connectivity index (χ0n) is 18.7. The Morgan fingerprint density at radius 1 is 0.909 bits per heavy atom. The van der Waals surface area contributed by atoms with Crippen LogP contribution in [0.3, 0.4) is 0 Å². The monoisotopic (exact) mass is 450 g/mol. The Balaban J connectivity index is 1.44. The first kappa shape index (κ1) is 23.3. The summed E-state index contributed by atoms with van der Waals surface area (Å²) >= 11 is 0. The van der Waals surface area contributed by atoms with E-state index in [9.17, 15) is 4.79 Å². The number of hydrogen-bond donors (Lipinski definition) is 3. The number of ether oxygens (including phenoxy) is 3. The van der Waals surface area contributed by atoms with Crippen LogP contribution in [0.5, 0.6) is 17.2 Å². The zero-order chi connectivity index (χ0) is 23.5. The molecule has 10 heteroatoms. The second-order valence-corrected chi connectivity index (χ2v) is 6.65. The van der Waals surface area contributed by atoms with Crippen LogP contribution in [-0.2, 0) is 4.79 Å². The van der Waals surface area contributed by atoms with Crippen molar-refractivity contribution in [3.8, 4) is 17.2 Å². The van der Waals surface area contributed by atoms with Crippen LogP contribution < -0.4 is 30.2 Å². The van der Waals surface area contributed by atoms with Gasteiger partial charge in [0.25, 0.3) is 0 Å². The molecule has 0 aliphatic carbocycles. The van der Waals surface area contributed by atoms with Crippen LogP contribution >= 0.6 is 0 Å². The lowest BCUT2D eigenvalue weighted by Gasteiger charge is -2.12. The van der Waals surface area contributed by atoms with Crippen molar-refractivity contribution >= 4 is 29.4 Å². The molecule has 0 fully saturated rings. The highest BCUT2D eigenvalue weighted by molar-refractivity contribution is 5.91. The van der Waals surface area contributed by atoms with Crippen molar-refractivity contribution in [3.63, 3.8) is 0 Å². The van der Waals surface area contributed by atoms with Crippen molar-refractivity contribution in [2.24, 2.45) is 0 Å². The number of rotatable bonds is 11. The lowest BCUT2D eigenvalue weighted by Crippen LogP contribution is -2.27. The summed E-state index contributed by atoms with van der Waals surface area (Å²) in [7, 11) is 4.62. The Morgan fingerprint density at radius 3 is 2.24 bits per heavy atom. The van der Waals surface area contributed by atoms with Crippen molar-refractivity contribution in [1.29, 1.82) is 0 Å². The van der Waals surface area contributed by atoms with Crippen molar-refractivity contribution in [2.75, 3.05) is 45.1 Å². The summed E-state index contributed by atoms with van der Waals surface area (Å²) in [6, 6.07) is 12.7.